The van der Waals surface area contributed by atoms with E-state index in [1.807, 2.05) is 39.0 Å². The molecule has 68 valence electrons. The van der Waals surface area contributed by atoms with Crippen molar-refractivity contribution in [3.8, 4) is 5.75 Å². The first kappa shape index (κ1) is 11.5. The van der Waals surface area contributed by atoms with Gasteiger partial charge in [0.05, 0.1) is 7.11 Å². The third-order valence-corrected chi connectivity index (χ3v) is 2.25. The highest BCUT2D eigenvalue weighted by Crippen LogP contribution is 2.20. The van der Waals surface area contributed by atoms with E-state index in [9.17, 15) is 0 Å². The van der Waals surface area contributed by atoms with Gasteiger partial charge in [0.1, 0.15) is 5.75 Å². The van der Waals surface area contributed by atoms with Gasteiger partial charge in [-0.15, -0.1) is 0 Å². The Kier molecular flexibility index (Phi) is 5.81. The van der Waals surface area contributed by atoms with E-state index in [2.05, 4.69) is 15.9 Å². The quantitative estimate of drug-likeness (QED) is 0.714. The van der Waals surface area contributed by atoms with E-state index < -0.39 is 0 Å². The molecule has 0 bridgehead atoms. The lowest BCUT2D eigenvalue weighted by atomic mass is 10.2. The lowest BCUT2D eigenvalue weighted by molar-refractivity contribution is 0.414. The van der Waals surface area contributed by atoms with E-state index in [0.29, 0.717) is 0 Å². The van der Waals surface area contributed by atoms with Crippen LogP contribution in [0.15, 0.2) is 22.7 Å². The first-order valence-corrected chi connectivity index (χ1v) is 4.83. The molecule has 1 aromatic rings. The fraction of sp³-hybridized carbons (Fsp3) is 0.400. The maximum Gasteiger partial charge on any atom is 0.119 e. The number of benzene rings is 1. The van der Waals surface area contributed by atoms with Crippen LogP contribution in [0.4, 0.5) is 0 Å². The molecule has 0 aliphatic heterocycles. The number of halogens is 1. The van der Waals surface area contributed by atoms with Crippen LogP contribution in [0.3, 0.4) is 0 Å². The van der Waals surface area contributed by atoms with Crippen LogP contribution in [0.5, 0.6) is 5.75 Å². The molecule has 12 heavy (non-hydrogen) atoms. The van der Waals surface area contributed by atoms with Gasteiger partial charge in [-0.25, -0.2) is 0 Å². The summed E-state index contributed by atoms with van der Waals surface area (Å²) in [6.07, 6.45) is 0. The predicted molar refractivity (Wildman–Crippen MR) is 56.8 cm³/mol. The molecule has 0 heterocycles. The molecular formula is C10H15BrO. The molecule has 0 radical (unpaired) electrons. The monoisotopic (exact) mass is 230 g/mol. The highest BCUT2D eigenvalue weighted by molar-refractivity contribution is 9.10. The molecule has 0 saturated carbocycles. The molecule has 0 aliphatic rings. The van der Waals surface area contributed by atoms with Crippen molar-refractivity contribution in [2.24, 2.45) is 0 Å². The average Bonchev–Trinajstić information content (AvgIpc) is 2.13. The number of ether oxygens (including phenoxy) is 1. The zero-order valence-electron chi connectivity index (χ0n) is 8.02. The van der Waals surface area contributed by atoms with E-state index in [0.717, 1.165) is 10.2 Å². The third-order valence-electron chi connectivity index (χ3n) is 1.37. The molecule has 1 rings (SSSR count). The van der Waals surface area contributed by atoms with Crippen molar-refractivity contribution in [3.05, 3.63) is 28.2 Å². The molecule has 2 heteroatoms. The van der Waals surface area contributed by atoms with Crippen LogP contribution < -0.4 is 4.74 Å². The van der Waals surface area contributed by atoms with Gasteiger partial charge in [-0.1, -0.05) is 29.8 Å². The summed E-state index contributed by atoms with van der Waals surface area (Å²) in [5.74, 6) is 0.903. The van der Waals surface area contributed by atoms with Gasteiger partial charge in [-0.05, 0) is 30.7 Å². The third kappa shape index (κ3) is 3.26. The van der Waals surface area contributed by atoms with Gasteiger partial charge in [-0.3, -0.25) is 0 Å². The fourth-order valence-corrected chi connectivity index (χ4v) is 0.991. The van der Waals surface area contributed by atoms with Crippen LogP contribution in [0.25, 0.3) is 0 Å². The van der Waals surface area contributed by atoms with Crippen molar-refractivity contribution in [1.29, 1.82) is 0 Å². The second-order valence-corrected chi connectivity index (χ2v) is 2.97. The van der Waals surface area contributed by atoms with Gasteiger partial charge in [0.25, 0.3) is 0 Å². The zero-order valence-corrected chi connectivity index (χ0v) is 9.60. The molecule has 0 N–H and O–H groups in total. The van der Waals surface area contributed by atoms with Crippen molar-refractivity contribution in [1.82, 2.24) is 0 Å². The Morgan fingerprint density at radius 2 is 1.83 bits per heavy atom. The van der Waals surface area contributed by atoms with Gasteiger partial charge >= 0.3 is 0 Å². The van der Waals surface area contributed by atoms with E-state index in [-0.39, 0.29) is 0 Å². The van der Waals surface area contributed by atoms with Crippen LogP contribution in [0.2, 0.25) is 0 Å². The summed E-state index contributed by atoms with van der Waals surface area (Å²) in [5.41, 5.74) is 1.19. The van der Waals surface area contributed by atoms with Crippen LogP contribution in [0, 0.1) is 6.92 Å². The number of methoxy groups -OCH3 is 1. The number of aryl methyl sites for hydroxylation is 1. The van der Waals surface area contributed by atoms with Crippen LogP contribution >= 0.6 is 15.9 Å². The Morgan fingerprint density at radius 3 is 2.25 bits per heavy atom. The Balaban J connectivity index is 0.000000561. The summed E-state index contributed by atoms with van der Waals surface area (Å²) in [4.78, 5) is 0. The van der Waals surface area contributed by atoms with Crippen LogP contribution in [-0.2, 0) is 0 Å². The number of hydrogen-bond acceptors (Lipinski definition) is 1. The Morgan fingerprint density at radius 1 is 1.25 bits per heavy atom. The average molecular weight is 231 g/mol. The summed E-state index contributed by atoms with van der Waals surface area (Å²) < 4.78 is 6.15. The predicted octanol–water partition coefficient (Wildman–Crippen LogP) is 3.79. The van der Waals surface area contributed by atoms with Crippen molar-refractivity contribution in [3.63, 3.8) is 0 Å². The Labute approximate surface area is 82.9 Å². The molecule has 1 aromatic carbocycles. The fourth-order valence-electron chi connectivity index (χ4n) is 0.744. The molecule has 1 nitrogen and oxygen atoms in total. The second kappa shape index (κ2) is 6.06. The van der Waals surface area contributed by atoms with Crippen molar-refractivity contribution in [2.75, 3.05) is 7.11 Å². The molecule has 0 fully saturated rings. The minimum atomic E-state index is 0.903. The van der Waals surface area contributed by atoms with E-state index in [1.165, 1.54) is 5.56 Å². The maximum absolute atomic E-state index is 5.03. The summed E-state index contributed by atoms with van der Waals surface area (Å²) in [6, 6.07) is 5.90. The molecule has 0 atom stereocenters. The maximum atomic E-state index is 5.03. The lowest BCUT2D eigenvalue weighted by Gasteiger charge is -2.01. The normalized spacial score (nSPS) is 8.42. The second-order valence-electron chi connectivity index (χ2n) is 2.12. The van der Waals surface area contributed by atoms with Crippen LogP contribution in [0.1, 0.15) is 19.4 Å². The summed E-state index contributed by atoms with van der Waals surface area (Å²) >= 11 is 3.40. The zero-order chi connectivity index (χ0) is 9.56. The van der Waals surface area contributed by atoms with E-state index in [1.54, 1.807) is 7.11 Å². The van der Waals surface area contributed by atoms with Crippen molar-refractivity contribution in [2.45, 2.75) is 20.8 Å². The minimum absolute atomic E-state index is 0.903. The largest absolute Gasteiger partial charge is 0.497 e. The molecule has 0 unspecified atom stereocenters. The highest BCUT2D eigenvalue weighted by atomic mass is 79.9. The molecule has 0 amide bonds. The van der Waals surface area contributed by atoms with Gasteiger partial charge in [-0.2, -0.15) is 0 Å². The van der Waals surface area contributed by atoms with Gasteiger partial charge in [0.15, 0.2) is 0 Å². The lowest BCUT2D eigenvalue weighted by Crippen LogP contribution is -1.83. The Hall–Kier alpha value is -0.500. The van der Waals surface area contributed by atoms with E-state index >= 15 is 0 Å². The van der Waals surface area contributed by atoms with E-state index in [4.69, 9.17) is 4.74 Å². The topological polar surface area (TPSA) is 9.23 Å². The first-order chi connectivity index (χ1) is 5.74. The molecular weight excluding hydrogens is 216 g/mol. The van der Waals surface area contributed by atoms with Gasteiger partial charge in [0.2, 0.25) is 0 Å². The molecule has 0 saturated heterocycles. The minimum Gasteiger partial charge on any atom is -0.497 e. The first-order valence-electron chi connectivity index (χ1n) is 4.04. The smallest absolute Gasteiger partial charge is 0.119 e. The standard InChI is InChI=1S/C8H9BrO.C2H6/c1-6-5-7(10-2)3-4-8(6)9;1-2/h3-5H,1-2H3;1-2H3. The van der Waals surface area contributed by atoms with Gasteiger partial charge < -0.3 is 4.74 Å². The molecule has 0 spiro atoms. The number of hydrogen-bond donors (Lipinski definition) is 0. The van der Waals surface area contributed by atoms with Crippen LogP contribution in [-0.4, -0.2) is 7.11 Å². The molecule has 0 aliphatic carbocycles. The van der Waals surface area contributed by atoms with Crippen molar-refractivity contribution < 1.29 is 4.74 Å². The SMILES string of the molecule is CC.COc1ccc(Br)c(C)c1. The summed E-state index contributed by atoms with van der Waals surface area (Å²) in [5, 5.41) is 0. The molecule has 0 aromatic heterocycles. The Bertz CT molecular complexity index is 233. The summed E-state index contributed by atoms with van der Waals surface area (Å²) in [6.45, 7) is 6.03. The van der Waals surface area contributed by atoms with Crippen molar-refractivity contribution >= 4 is 15.9 Å². The number of rotatable bonds is 1. The summed E-state index contributed by atoms with van der Waals surface area (Å²) in [7, 11) is 1.67. The highest BCUT2D eigenvalue weighted by Gasteiger charge is 1.94. The van der Waals surface area contributed by atoms with Gasteiger partial charge in [0, 0.05) is 4.47 Å².